The Hall–Kier alpha value is -0.980. The Kier molecular flexibility index (Phi) is 5.35. The second-order valence-corrected chi connectivity index (χ2v) is 7.29. The molecule has 0 aromatic carbocycles. The van der Waals surface area contributed by atoms with Crippen molar-refractivity contribution in [2.75, 3.05) is 18.5 Å². The Balaban J connectivity index is 2.08. The molecular formula is C12H13NO5PS2-. The van der Waals surface area contributed by atoms with Crippen LogP contribution < -0.4 is 5.11 Å². The first-order chi connectivity index (χ1) is 9.97. The van der Waals surface area contributed by atoms with Crippen molar-refractivity contribution in [3.63, 3.8) is 0 Å². The fourth-order valence-corrected chi connectivity index (χ4v) is 4.12. The highest BCUT2D eigenvalue weighted by Gasteiger charge is 2.49. The number of carbonyl (C=O) groups excluding carboxylic acids is 3. The van der Waals surface area contributed by atoms with Crippen LogP contribution in [0.2, 0.25) is 0 Å². The molecule has 2 unspecified atom stereocenters. The van der Waals surface area contributed by atoms with E-state index in [-0.39, 0.29) is 35.9 Å². The van der Waals surface area contributed by atoms with E-state index in [0.717, 1.165) is 0 Å². The number of nitrogens with zero attached hydrogens (tertiary/aromatic N) is 1. The average Bonchev–Trinajstić information content (AvgIpc) is 2.48. The molecule has 0 spiro atoms. The van der Waals surface area contributed by atoms with Gasteiger partial charge in [-0.1, -0.05) is 18.7 Å². The van der Waals surface area contributed by atoms with E-state index in [1.165, 1.54) is 16.7 Å². The number of carboxylic acid groups (broad SMARTS) is 1. The lowest BCUT2D eigenvalue weighted by molar-refractivity contribution is -0.301. The summed E-state index contributed by atoms with van der Waals surface area (Å²) in [5.41, 5.74) is 0.261. The van der Waals surface area contributed by atoms with Gasteiger partial charge in [0.2, 0.25) is 5.91 Å². The number of rotatable bonds is 6. The summed E-state index contributed by atoms with van der Waals surface area (Å²) in [6.07, 6.45) is 0.730. The minimum atomic E-state index is -1.41. The van der Waals surface area contributed by atoms with Gasteiger partial charge in [0.05, 0.1) is 29.4 Å². The van der Waals surface area contributed by atoms with Crippen molar-refractivity contribution < 1.29 is 24.2 Å². The standard InChI is InChI=1S/C12H14NO5PS2/c1-6-10(15)13-9(12(16)17)7(5-21-11(6)13)4-18-8(14)2-3-19-20/h6,11H,2-5H2,1H3,(H,16,17)/p-1. The molecule has 6 nitrogen and oxygen atoms in total. The molecule has 1 amide bonds. The SMILES string of the molecule is CC1C(=O)N2C(C(=O)[O-])=C(COC(=O)CCP=S)CSC12. The summed E-state index contributed by atoms with van der Waals surface area (Å²) >= 11 is 6.18. The van der Waals surface area contributed by atoms with Crippen molar-refractivity contribution in [2.45, 2.75) is 18.7 Å². The van der Waals surface area contributed by atoms with Crippen LogP contribution in [-0.2, 0) is 30.9 Å². The van der Waals surface area contributed by atoms with Crippen LogP contribution in [0.3, 0.4) is 0 Å². The van der Waals surface area contributed by atoms with Gasteiger partial charge in [0.15, 0.2) is 0 Å². The van der Waals surface area contributed by atoms with E-state index >= 15 is 0 Å². The number of thioether (sulfide) groups is 1. The zero-order valence-corrected chi connectivity index (χ0v) is 13.8. The Bertz CT molecular complexity index is 536. The molecule has 0 aromatic rings. The van der Waals surface area contributed by atoms with Crippen LogP contribution in [0.4, 0.5) is 0 Å². The van der Waals surface area contributed by atoms with E-state index < -0.39 is 11.9 Å². The zero-order chi connectivity index (χ0) is 15.6. The summed E-state index contributed by atoms with van der Waals surface area (Å²) in [5.74, 6) is -1.85. The highest BCUT2D eigenvalue weighted by Crippen LogP contribution is 2.43. The van der Waals surface area contributed by atoms with Crippen LogP contribution in [0.25, 0.3) is 0 Å². The molecule has 2 aliphatic rings. The monoisotopic (exact) mass is 346 g/mol. The van der Waals surface area contributed by atoms with Gasteiger partial charge in [-0.15, -0.1) is 11.8 Å². The largest absolute Gasteiger partial charge is 0.543 e. The molecule has 0 bridgehead atoms. The minimum absolute atomic E-state index is 0.131. The van der Waals surface area contributed by atoms with Gasteiger partial charge in [-0.05, 0) is 7.36 Å². The lowest BCUT2D eigenvalue weighted by Gasteiger charge is -2.49. The Morgan fingerprint density at radius 3 is 2.90 bits per heavy atom. The molecule has 0 N–H and O–H groups in total. The van der Waals surface area contributed by atoms with E-state index in [4.69, 9.17) is 16.5 Å². The van der Waals surface area contributed by atoms with Crippen molar-refractivity contribution in [2.24, 2.45) is 5.92 Å². The molecule has 21 heavy (non-hydrogen) atoms. The highest BCUT2D eigenvalue weighted by atomic mass is 32.4. The van der Waals surface area contributed by atoms with Gasteiger partial charge in [-0.2, -0.15) is 0 Å². The maximum atomic E-state index is 11.8. The molecule has 0 saturated carbocycles. The van der Waals surface area contributed by atoms with E-state index in [2.05, 4.69) is 0 Å². The third-order valence-electron chi connectivity index (χ3n) is 3.32. The van der Waals surface area contributed by atoms with Crippen molar-refractivity contribution in [1.82, 2.24) is 4.90 Å². The topological polar surface area (TPSA) is 86.7 Å². The summed E-state index contributed by atoms with van der Waals surface area (Å²) < 4.78 is 5.04. The summed E-state index contributed by atoms with van der Waals surface area (Å²) in [4.78, 5) is 35.8. The van der Waals surface area contributed by atoms with Crippen LogP contribution in [0.1, 0.15) is 13.3 Å². The Morgan fingerprint density at radius 1 is 1.57 bits per heavy atom. The fourth-order valence-electron chi connectivity index (χ4n) is 2.22. The summed E-state index contributed by atoms with van der Waals surface area (Å²) in [6.45, 7) is 1.64. The molecule has 2 aliphatic heterocycles. The molecular weight excluding hydrogens is 333 g/mol. The van der Waals surface area contributed by atoms with Crippen molar-refractivity contribution in [3.05, 3.63) is 11.3 Å². The van der Waals surface area contributed by atoms with Crippen LogP contribution in [-0.4, -0.2) is 46.6 Å². The van der Waals surface area contributed by atoms with Crippen LogP contribution in [0.5, 0.6) is 0 Å². The van der Waals surface area contributed by atoms with Crippen LogP contribution in [0, 0.1) is 5.92 Å². The third kappa shape index (κ3) is 3.27. The number of fused-ring (bicyclic) bond motifs is 1. The van der Waals surface area contributed by atoms with E-state index in [1.54, 1.807) is 6.92 Å². The van der Waals surface area contributed by atoms with Crippen LogP contribution >= 0.6 is 19.1 Å². The average molecular weight is 346 g/mol. The second-order valence-electron chi connectivity index (χ2n) is 4.70. The summed E-state index contributed by atoms with van der Waals surface area (Å²) in [7, 11) is 0.687. The van der Waals surface area contributed by atoms with Gasteiger partial charge in [-0.3, -0.25) is 14.5 Å². The van der Waals surface area contributed by atoms with Crippen molar-refractivity contribution in [3.8, 4) is 0 Å². The Labute approximate surface area is 132 Å². The number of hydrogen-bond donors (Lipinski definition) is 0. The van der Waals surface area contributed by atoms with Gasteiger partial charge in [-0.25, -0.2) is 0 Å². The molecule has 2 heterocycles. The van der Waals surface area contributed by atoms with Crippen molar-refractivity contribution in [1.29, 1.82) is 0 Å². The number of carbonyl (C=O) groups is 3. The summed E-state index contributed by atoms with van der Waals surface area (Å²) in [5, 5.41) is 11.1. The molecule has 0 aromatic heterocycles. The first kappa shape index (κ1) is 16.4. The van der Waals surface area contributed by atoms with E-state index in [9.17, 15) is 19.5 Å². The predicted octanol–water partition coefficient (Wildman–Crippen LogP) is -0.117. The normalized spacial score (nSPS) is 24.6. The molecule has 1 saturated heterocycles. The number of aliphatic carboxylic acids is 1. The Morgan fingerprint density at radius 2 is 2.29 bits per heavy atom. The van der Waals surface area contributed by atoms with Crippen LogP contribution in [0.15, 0.2) is 11.3 Å². The first-order valence-electron chi connectivity index (χ1n) is 6.30. The molecule has 0 aliphatic carbocycles. The van der Waals surface area contributed by atoms with Gasteiger partial charge < -0.3 is 14.6 Å². The van der Waals surface area contributed by atoms with E-state index in [1.807, 2.05) is 0 Å². The van der Waals surface area contributed by atoms with Gasteiger partial charge in [0.1, 0.15) is 6.61 Å². The molecule has 0 radical (unpaired) electrons. The molecule has 2 atom stereocenters. The smallest absolute Gasteiger partial charge is 0.306 e. The highest BCUT2D eigenvalue weighted by molar-refractivity contribution is 8.00. The molecule has 114 valence electrons. The summed E-state index contributed by atoms with van der Waals surface area (Å²) in [6, 6.07) is 0. The zero-order valence-electron chi connectivity index (χ0n) is 11.2. The quantitative estimate of drug-likeness (QED) is 0.376. The maximum absolute atomic E-state index is 11.8. The number of ether oxygens (including phenoxy) is 1. The number of hydrogen-bond acceptors (Lipinski definition) is 7. The lowest BCUT2D eigenvalue weighted by atomic mass is 9.98. The minimum Gasteiger partial charge on any atom is -0.543 e. The lowest BCUT2D eigenvalue weighted by Crippen LogP contribution is -2.61. The number of amides is 1. The van der Waals surface area contributed by atoms with E-state index in [0.29, 0.717) is 24.8 Å². The number of esters is 1. The van der Waals surface area contributed by atoms with Crippen molar-refractivity contribution >= 4 is 48.8 Å². The molecule has 2 rings (SSSR count). The maximum Gasteiger partial charge on any atom is 0.306 e. The first-order valence-corrected chi connectivity index (χ1v) is 9.44. The van der Waals surface area contributed by atoms with Gasteiger partial charge in [0.25, 0.3) is 0 Å². The number of β-lactam (4-membered cyclic amide) rings is 1. The van der Waals surface area contributed by atoms with Gasteiger partial charge in [0, 0.05) is 17.5 Å². The molecule has 1 fully saturated rings. The number of carboxylic acids is 1. The predicted molar refractivity (Wildman–Crippen MR) is 79.0 cm³/mol. The fraction of sp³-hybridized carbons (Fsp3) is 0.583. The third-order valence-corrected chi connectivity index (χ3v) is 5.75. The molecule has 9 heteroatoms. The second kappa shape index (κ2) is 6.85. The van der Waals surface area contributed by atoms with Gasteiger partial charge >= 0.3 is 5.97 Å².